The van der Waals surface area contributed by atoms with E-state index in [4.69, 9.17) is 16.3 Å². The van der Waals surface area contributed by atoms with Crippen molar-refractivity contribution in [1.29, 1.82) is 0 Å². The van der Waals surface area contributed by atoms with Crippen molar-refractivity contribution in [3.05, 3.63) is 60.9 Å². The zero-order valence-corrected chi connectivity index (χ0v) is 16.6. The van der Waals surface area contributed by atoms with Crippen molar-refractivity contribution >= 4 is 45.0 Å². The van der Waals surface area contributed by atoms with Crippen LogP contribution in [0.5, 0.6) is 11.5 Å². The van der Waals surface area contributed by atoms with Crippen molar-refractivity contribution in [1.82, 2.24) is 9.38 Å². The topological polar surface area (TPSA) is 63.8 Å². The number of nitrogens with zero attached hydrogens (tertiary/aromatic N) is 2. The molecule has 0 aliphatic heterocycles. The third kappa shape index (κ3) is 2.85. The lowest BCUT2D eigenvalue weighted by Crippen LogP contribution is -2.22. The molecule has 0 saturated heterocycles. The average molecular weight is 401 g/mol. The minimum absolute atomic E-state index is 0.101. The number of fused-ring (bicyclic) bond motifs is 3. The van der Waals surface area contributed by atoms with E-state index in [2.05, 4.69) is 4.98 Å². The molecular weight excluding hydrogens is 384 g/mol. The lowest BCUT2D eigenvalue weighted by atomic mass is 10.1. The standard InChI is InChI=1S/C20H17ClN2O3S/c1-4-26-15-8-12(7-13(21)18(15)24)9-16-19(25)23-14-6-5-10(2)11(3)17(14)22-20(23)27-16/h5-9,24H,4H2,1-3H3. The lowest BCUT2D eigenvalue weighted by Gasteiger charge is -2.08. The molecular formula is C20H17ClN2O3S. The molecule has 0 amide bonds. The van der Waals surface area contributed by atoms with E-state index in [0.717, 1.165) is 22.2 Å². The fraction of sp³-hybridized carbons (Fsp3) is 0.200. The highest BCUT2D eigenvalue weighted by molar-refractivity contribution is 7.15. The van der Waals surface area contributed by atoms with Crippen LogP contribution in [0.25, 0.3) is 22.1 Å². The molecule has 4 aromatic rings. The van der Waals surface area contributed by atoms with Crippen molar-refractivity contribution in [2.75, 3.05) is 6.61 Å². The number of aromatic hydroxyl groups is 1. The van der Waals surface area contributed by atoms with Crippen molar-refractivity contribution in [3.63, 3.8) is 0 Å². The Labute approximate surface area is 164 Å². The fourth-order valence-corrected chi connectivity index (χ4v) is 4.26. The summed E-state index contributed by atoms with van der Waals surface area (Å²) in [5, 5.41) is 10.2. The van der Waals surface area contributed by atoms with Crippen LogP contribution >= 0.6 is 22.9 Å². The van der Waals surface area contributed by atoms with Gasteiger partial charge in [-0.2, -0.15) is 0 Å². The van der Waals surface area contributed by atoms with E-state index in [9.17, 15) is 9.90 Å². The Morgan fingerprint density at radius 2 is 2.11 bits per heavy atom. The van der Waals surface area contributed by atoms with Crippen LogP contribution in [0.2, 0.25) is 5.02 Å². The Hall–Kier alpha value is -2.57. The molecule has 2 heterocycles. The molecule has 7 heteroatoms. The Balaban J connectivity index is 1.94. The summed E-state index contributed by atoms with van der Waals surface area (Å²) in [5.41, 5.74) is 4.46. The second kappa shape index (κ2) is 6.55. The Morgan fingerprint density at radius 1 is 1.33 bits per heavy atom. The molecule has 2 aromatic carbocycles. The van der Waals surface area contributed by atoms with E-state index >= 15 is 0 Å². The summed E-state index contributed by atoms with van der Waals surface area (Å²) in [6, 6.07) is 7.20. The van der Waals surface area contributed by atoms with Gasteiger partial charge in [0.05, 0.1) is 27.2 Å². The number of phenolic OH excluding ortho intramolecular Hbond substituents is 1. The maximum atomic E-state index is 13.0. The zero-order valence-electron chi connectivity index (χ0n) is 15.0. The Bertz CT molecular complexity index is 1310. The highest BCUT2D eigenvalue weighted by Gasteiger charge is 2.14. The predicted octanol–water partition coefficient (Wildman–Crippen LogP) is 3.83. The molecule has 0 aliphatic carbocycles. The highest BCUT2D eigenvalue weighted by atomic mass is 35.5. The molecule has 4 rings (SSSR count). The quantitative estimate of drug-likeness (QED) is 0.567. The molecule has 0 atom stereocenters. The predicted molar refractivity (Wildman–Crippen MR) is 109 cm³/mol. The number of benzene rings is 2. The summed E-state index contributed by atoms with van der Waals surface area (Å²) >= 11 is 7.41. The summed E-state index contributed by atoms with van der Waals surface area (Å²) in [4.78, 5) is 18.3. The van der Waals surface area contributed by atoms with Crippen LogP contribution in [0, 0.1) is 13.8 Å². The summed E-state index contributed by atoms with van der Waals surface area (Å²) in [5.74, 6) is 0.192. The second-order valence-corrected chi connectivity index (χ2v) is 7.72. The molecule has 0 aliphatic rings. The van der Waals surface area contributed by atoms with Crippen LogP contribution < -0.4 is 14.8 Å². The minimum Gasteiger partial charge on any atom is -0.503 e. The maximum Gasteiger partial charge on any atom is 0.274 e. The lowest BCUT2D eigenvalue weighted by molar-refractivity contribution is 0.318. The first-order chi connectivity index (χ1) is 12.9. The molecule has 5 nitrogen and oxygen atoms in total. The molecule has 1 N–H and O–H groups in total. The number of ether oxygens (including phenoxy) is 1. The van der Waals surface area contributed by atoms with E-state index in [1.54, 1.807) is 22.6 Å². The molecule has 0 fully saturated rings. The molecule has 0 unspecified atom stereocenters. The van der Waals surface area contributed by atoms with Gasteiger partial charge in [0.1, 0.15) is 0 Å². The van der Waals surface area contributed by atoms with Crippen molar-refractivity contribution in [3.8, 4) is 11.5 Å². The van der Waals surface area contributed by atoms with E-state index in [0.29, 0.717) is 27.4 Å². The van der Waals surface area contributed by atoms with Gasteiger partial charge in [0.15, 0.2) is 16.5 Å². The molecule has 0 radical (unpaired) electrons. The van der Waals surface area contributed by atoms with E-state index in [1.807, 2.05) is 32.9 Å². The van der Waals surface area contributed by atoms with Gasteiger partial charge < -0.3 is 9.84 Å². The number of aryl methyl sites for hydroxylation is 2. The first kappa shape index (κ1) is 17.8. The normalized spacial score (nSPS) is 12.4. The third-order valence-electron chi connectivity index (χ3n) is 4.58. The molecule has 2 aromatic heterocycles. The fourth-order valence-electron chi connectivity index (χ4n) is 3.06. The molecule has 0 spiro atoms. The number of phenols is 1. The first-order valence-electron chi connectivity index (χ1n) is 8.49. The number of hydrogen-bond donors (Lipinski definition) is 1. The van der Waals surface area contributed by atoms with E-state index in [1.165, 1.54) is 11.3 Å². The van der Waals surface area contributed by atoms with Crippen LogP contribution in [0.1, 0.15) is 23.6 Å². The number of imidazole rings is 1. The van der Waals surface area contributed by atoms with Crippen molar-refractivity contribution in [2.45, 2.75) is 20.8 Å². The van der Waals surface area contributed by atoms with Crippen LogP contribution in [-0.4, -0.2) is 21.1 Å². The molecule has 27 heavy (non-hydrogen) atoms. The van der Waals surface area contributed by atoms with Gasteiger partial charge >= 0.3 is 0 Å². The SMILES string of the molecule is CCOc1cc(C=c2sc3nc4c(C)c(C)ccc4n3c2=O)cc(Cl)c1O. The van der Waals surface area contributed by atoms with Gasteiger partial charge in [-0.15, -0.1) is 0 Å². The monoisotopic (exact) mass is 400 g/mol. The van der Waals surface area contributed by atoms with E-state index in [-0.39, 0.29) is 16.3 Å². The number of hydrogen-bond acceptors (Lipinski definition) is 5. The minimum atomic E-state index is -0.122. The largest absolute Gasteiger partial charge is 0.503 e. The van der Waals surface area contributed by atoms with Crippen molar-refractivity contribution < 1.29 is 9.84 Å². The molecule has 0 saturated carbocycles. The van der Waals surface area contributed by atoms with Crippen LogP contribution in [-0.2, 0) is 0 Å². The second-order valence-electron chi connectivity index (χ2n) is 6.30. The third-order valence-corrected chi connectivity index (χ3v) is 5.84. The Morgan fingerprint density at radius 3 is 2.85 bits per heavy atom. The van der Waals surface area contributed by atoms with Gasteiger partial charge in [-0.25, -0.2) is 9.38 Å². The van der Waals surface area contributed by atoms with Crippen LogP contribution in [0.3, 0.4) is 0 Å². The summed E-state index contributed by atoms with van der Waals surface area (Å²) in [6.07, 6.45) is 1.74. The zero-order chi connectivity index (χ0) is 19.3. The van der Waals surface area contributed by atoms with Gasteiger partial charge in [-0.1, -0.05) is 29.0 Å². The van der Waals surface area contributed by atoms with Crippen LogP contribution in [0.15, 0.2) is 29.1 Å². The number of rotatable bonds is 3. The maximum absolute atomic E-state index is 13.0. The van der Waals surface area contributed by atoms with Gasteiger partial charge in [0.2, 0.25) is 0 Å². The summed E-state index contributed by atoms with van der Waals surface area (Å²) in [7, 11) is 0. The molecule has 138 valence electrons. The van der Waals surface area contributed by atoms with Crippen molar-refractivity contribution in [2.24, 2.45) is 0 Å². The van der Waals surface area contributed by atoms with Crippen LogP contribution in [0.4, 0.5) is 0 Å². The van der Waals surface area contributed by atoms with E-state index < -0.39 is 0 Å². The molecule has 0 bridgehead atoms. The highest BCUT2D eigenvalue weighted by Crippen LogP contribution is 2.35. The van der Waals surface area contributed by atoms with Gasteiger partial charge in [-0.3, -0.25) is 4.79 Å². The summed E-state index contributed by atoms with van der Waals surface area (Å²) < 4.78 is 7.59. The number of aromatic nitrogens is 2. The Kier molecular flexibility index (Phi) is 4.32. The number of halogens is 1. The van der Waals surface area contributed by atoms with Gasteiger partial charge in [0.25, 0.3) is 5.56 Å². The van der Waals surface area contributed by atoms with Gasteiger partial charge in [0, 0.05) is 0 Å². The smallest absolute Gasteiger partial charge is 0.274 e. The van der Waals surface area contributed by atoms with Gasteiger partial charge in [-0.05, 0) is 61.7 Å². The number of thiazole rings is 1. The summed E-state index contributed by atoms with van der Waals surface area (Å²) in [6.45, 7) is 6.27. The average Bonchev–Trinajstić information content (AvgIpc) is 3.13. The first-order valence-corrected chi connectivity index (χ1v) is 9.68.